The molecule has 0 aromatic rings. The fourth-order valence-electron chi connectivity index (χ4n) is 0.672. The number of hydrogen-bond acceptors (Lipinski definition) is 6. The van der Waals surface area contributed by atoms with Crippen molar-refractivity contribution >= 4 is 22.8 Å². The quantitative estimate of drug-likeness (QED) is 0.405. The van der Waals surface area contributed by atoms with Crippen LogP contribution in [0.5, 0.6) is 0 Å². The average Bonchev–Trinajstić information content (AvgIpc) is 2.07. The highest BCUT2D eigenvalue weighted by atomic mass is 31.2. The molecular weight excluding hydrogens is 311 g/mol. The minimum Gasteiger partial charge on any atom is -0.323 e. The van der Waals surface area contributed by atoms with E-state index in [0.29, 0.717) is 0 Å². The summed E-state index contributed by atoms with van der Waals surface area (Å²) in [6.45, 7) is 2.35. The molecule has 0 aliphatic heterocycles. The van der Waals surface area contributed by atoms with E-state index >= 15 is 0 Å². The summed E-state index contributed by atoms with van der Waals surface area (Å²) in [6.07, 6.45) is -2.46. The Bertz CT molecular complexity index is 386. The molecule has 0 aliphatic carbocycles. The van der Waals surface area contributed by atoms with Crippen molar-refractivity contribution in [3.05, 3.63) is 0 Å². The zero-order valence-electron chi connectivity index (χ0n) is 9.66. The molecule has 0 atom stereocenters. The Balaban J connectivity index is 4.93. The van der Waals surface area contributed by atoms with Crippen molar-refractivity contribution in [2.45, 2.75) is 19.1 Å². The summed E-state index contributed by atoms with van der Waals surface area (Å²) in [6, 6.07) is 0. The highest BCUT2D eigenvalue weighted by molar-refractivity contribution is 7.58. The monoisotopic (exact) mass is 327 g/mol. The van der Waals surface area contributed by atoms with Gasteiger partial charge in [0.2, 0.25) is 0 Å². The van der Waals surface area contributed by atoms with Gasteiger partial charge in [-0.15, -0.1) is 0 Å². The Labute approximate surface area is 103 Å². The van der Waals surface area contributed by atoms with E-state index in [1.54, 1.807) is 0 Å². The normalized spacial score (nSPS) is 14.8. The van der Waals surface area contributed by atoms with Crippen LogP contribution in [0.3, 0.4) is 0 Å². The minimum absolute atomic E-state index is 1.17. The van der Waals surface area contributed by atoms with Gasteiger partial charge in [0.05, 0.1) is 0 Å². The van der Waals surface area contributed by atoms with Gasteiger partial charge in [0.15, 0.2) is 12.7 Å². The Kier molecular flexibility index (Phi) is 5.94. The first-order chi connectivity index (χ1) is 7.66. The standard InChI is InChI=1S/C5H16NO9P3/c1-5(2,6)18(13,14-3-16(7,8)9)15-4-17(10,11)12/h3-4,6H2,1-2H3,(H2,7,8,9)(H2,10,11,12). The molecule has 0 aromatic carbocycles. The van der Waals surface area contributed by atoms with Gasteiger partial charge in [0.25, 0.3) is 0 Å². The average molecular weight is 327 g/mol. The van der Waals surface area contributed by atoms with Crippen molar-refractivity contribution in [3.8, 4) is 0 Å². The predicted octanol–water partition coefficient (Wildman–Crippen LogP) is 0.178. The summed E-state index contributed by atoms with van der Waals surface area (Å²) < 4.78 is 42.2. The van der Waals surface area contributed by atoms with Crippen molar-refractivity contribution < 1.29 is 42.3 Å². The van der Waals surface area contributed by atoms with Gasteiger partial charge in [-0.2, -0.15) is 0 Å². The molecule has 0 radical (unpaired) electrons. The molecule has 13 heteroatoms. The second kappa shape index (κ2) is 5.81. The fourth-order valence-corrected chi connectivity index (χ4v) is 3.83. The lowest BCUT2D eigenvalue weighted by Crippen LogP contribution is -2.34. The Morgan fingerprint density at radius 3 is 1.39 bits per heavy atom. The summed E-state index contributed by atoms with van der Waals surface area (Å²) >= 11 is 0. The van der Waals surface area contributed by atoms with Crippen molar-refractivity contribution in [1.82, 2.24) is 0 Å². The van der Waals surface area contributed by atoms with E-state index in [1.165, 1.54) is 13.8 Å². The van der Waals surface area contributed by atoms with Gasteiger partial charge in [-0.25, -0.2) is 0 Å². The highest BCUT2D eigenvalue weighted by Crippen LogP contribution is 2.61. The number of hydrogen-bond donors (Lipinski definition) is 5. The van der Waals surface area contributed by atoms with Crippen LogP contribution in [0, 0.1) is 0 Å². The third-order valence-electron chi connectivity index (χ3n) is 1.50. The zero-order chi connectivity index (χ0) is 14.8. The first-order valence-corrected chi connectivity index (χ1v) is 9.57. The molecule has 0 unspecified atom stereocenters. The lowest BCUT2D eigenvalue weighted by Gasteiger charge is -2.29. The Morgan fingerprint density at radius 2 is 1.22 bits per heavy atom. The molecule has 0 amide bonds. The molecule has 0 heterocycles. The number of nitrogens with two attached hydrogens (primary N) is 1. The first kappa shape index (κ1) is 18.4. The summed E-state index contributed by atoms with van der Waals surface area (Å²) in [4.78, 5) is 34.4. The molecule has 110 valence electrons. The molecule has 10 nitrogen and oxygen atoms in total. The maximum atomic E-state index is 12.1. The second-order valence-electron chi connectivity index (χ2n) is 4.00. The van der Waals surface area contributed by atoms with Crippen LogP contribution in [-0.2, 0) is 22.7 Å². The fraction of sp³-hybridized carbons (Fsp3) is 1.00. The van der Waals surface area contributed by atoms with Crippen LogP contribution < -0.4 is 5.73 Å². The molecule has 0 rings (SSSR count). The Hall–Kier alpha value is 0.410. The van der Waals surface area contributed by atoms with Crippen molar-refractivity contribution in [2.75, 3.05) is 12.7 Å². The molecule has 0 saturated heterocycles. The van der Waals surface area contributed by atoms with E-state index in [-0.39, 0.29) is 0 Å². The van der Waals surface area contributed by atoms with Crippen LogP contribution in [0.2, 0.25) is 0 Å². The van der Waals surface area contributed by atoms with E-state index in [9.17, 15) is 13.7 Å². The van der Waals surface area contributed by atoms with Crippen molar-refractivity contribution in [2.24, 2.45) is 5.73 Å². The van der Waals surface area contributed by atoms with Crippen molar-refractivity contribution in [1.29, 1.82) is 0 Å². The molecule has 18 heavy (non-hydrogen) atoms. The van der Waals surface area contributed by atoms with Crippen LogP contribution >= 0.6 is 22.8 Å². The van der Waals surface area contributed by atoms with Crippen LogP contribution in [0.15, 0.2) is 0 Å². The molecule has 0 spiro atoms. The lowest BCUT2D eigenvalue weighted by atomic mass is 10.4. The van der Waals surface area contributed by atoms with Gasteiger partial charge in [0, 0.05) is 0 Å². The van der Waals surface area contributed by atoms with Gasteiger partial charge in [0.1, 0.15) is 5.28 Å². The summed E-state index contributed by atoms with van der Waals surface area (Å²) in [5, 5.41) is -1.68. The van der Waals surface area contributed by atoms with Crippen LogP contribution in [0.1, 0.15) is 13.8 Å². The summed E-state index contributed by atoms with van der Waals surface area (Å²) in [5.74, 6) is 0. The lowest BCUT2D eigenvalue weighted by molar-refractivity contribution is 0.204. The van der Waals surface area contributed by atoms with Crippen molar-refractivity contribution in [3.63, 3.8) is 0 Å². The van der Waals surface area contributed by atoms with E-state index in [2.05, 4.69) is 9.05 Å². The van der Waals surface area contributed by atoms with Crippen LogP contribution in [0.25, 0.3) is 0 Å². The van der Waals surface area contributed by atoms with E-state index in [1.807, 2.05) is 0 Å². The maximum absolute atomic E-state index is 12.1. The molecular formula is C5H16NO9P3. The van der Waals surface area contributed by atoms with Gasteiger partial charge < -0.3 is 25.3 Å². The molecule has 0 aliphatic rings. The zero-order valence-corrected chi connectivity index (χ0v) is 12.3. The van der Waals surface area contributed by atoms with E-state index in [4.69, 9.17) is 25.3 Å². The van der Waals surface area contributed by atoms with E-state index < -0.39 is 40.8 Å². The molecule has 0 fully saturated rings. The molecule has 0 aromatic heterocycles. The predicted molar refractivity (Wildman–Crippen MR) is 61.9 cm³/mol. The van der Waals surface area contributed by atoms with Crippen LogP contribution in [0.4, 0.5) is 0 Å². The Morgan fingerprint density at radius 1 is 0.944 bits per heavy atom. The van der Waals surface area contributed by atoms with Gasteiger partial charge >= 0.3 is 22.8 Å². The number of rotatable bonds is 7. The first-order valence-electron chi connectivity index (χ1n) is 4.43. The molecule has 6 N–H and O–H groups in total. The maximum Gasteiger partial charge on any atom is 0.351 e. The van der Waals surface area contributed by atoms with Gasteiger partial charge in [-0.1, -0.05) is 0 Å². The third kappa shape index (κ3) is 7.11. The minimum atomic E-state index is -4.62. The highest BCUT2D eigenvalue weighted by Gasteiger charge is 2.43. The largest absolute Gasteiger partial charge is 0.351 e. The summed E-state index contributed by atoms with van der Waals surface area (Å²) in [5.41, 5.74) is 5.45. The third-order valence-corrected chi connectivity index (χ3v) is 5.19. The molecule has 0 bridgehead atoms. The van der Waals surface area contributed by atoms with Gasteiger partial charge in [-0.3, -0.25) is 22.7 Å². The summed E-state index contributed by atoms with van der Waals surface area (Å²) in [7, 11) is -13.5. The molecule has 0 saturated carbocycles. The van der Waals surface area contributed by atoms with Gasteiger partial charge in [-0.05, 0) is 13.8 Å². The second-order valence-corrected chi connectivity index (χ2v) is 9.84. The van der Waals surface area contributed by atoms with Crippen LogP contribution in [-0.4, -0.2) is 37.5 Å². The topological polar surface area (TPSA) is 177 Å². The smallest absolute Gasteiger partial charge is 0.323 e. The van der Waals surface area contributed by atoms with E-state index in [0.717, 1.165) is 0 Å². The SMILES string of the molecule is CC(C)(N)P(=O)(OCP(=O)(O)O)OCP(=O)(O)O.